The predicted molar refractivity (Wildman–Crippen MR) is 87.7 cm³/mol. The molecule has 0 spiro atoms. The molecule has 2 aromatic carbocycles. The topological polar surface area (TPSA) is 34.9 Å². The van der Waals surface area contributed by atoms with Crippen molar-refractivity contribution in [1.82, 2.24) is 9.55 Å². The average Bonchev–Trinajstić information content (AvgIpc) is 3.06. The van der Waals surface area contributed by atoms with Gasteiger partial charge in [0.2, 0.25) is 0 Å². The van der Waals surface area contributed by atoms with E-state index in [1.54, 1.807) is 0 Å². The Bertz CT molecular complexity index is 745. The summed E-state index contributed by atoms with van der Waals surface area (Å²) in [5.41, 5.74) is 4.50. The highest BCUT2D eigenvalue weighted by molar-refractivity contribution is 5.59. The molecule has 1 unspecified atom stereocenters. The Balaban J connectivity index is 1.91. The summed E-state index contributed by atoms with van der Waals surface area (Å²) >= 11 is 0. The highest BCUT2D eigenvalue weighted by Gasteiger charge is 2.12. The summed E-state index contributed by atoms with van der Waals surface area (Å²) in [6.07, 6.45) is 5.16. The Morgan fingerprint density at radius 1 is 1.09 bits per heavy atom. The zero-order valence-corrected chi connectivity index (χ0v) is 12.5. The lowest BCUT2D eigenvalue weighted by Gasteiger charge is -2.17. The van der Waals surface area contributed by atoms with E-state index >= 15 is 0 Å². The Morgan fingerprint density at radius 3 is 2.50 bits per heavy atom. The molecule has 0 aliphatic heterocycles. The molecule has 0 saturated carbocycles. The van der Waals surface area contributed by atoms with Crippen LogP contribution in [0.15, 0.2) is 67.1 Å². The number of carbonyl (C=O) groups is 1. The summed E-state index contributed by atoms with van der Waals surface area (Å²) in [4.78, 5) is 14.9. The van der Waals surface area contributed by atoms with E-state index < -0.39 is 0 Å². The van der Waals surface area contributed by atoms with Crippen molar-refractivity contribution in [2.75, 3.05) is 0 Å². The average molecular weight is 290 g/mol. The number of hydrogen-bond donors (Lipinski definition) is 0. The van der Waals surface area contributed by atoms with Crippen LogP contribution in [-0.2, 0) is 11.2 Å². The molecule has 3 aromatic rings. The molecule has 3 rings (SSSR count). The van der Waals surface area contributed by atoms with Crippen LogP contribution in [0.4, 0.5) is 0 Å². The van der Waals surface area contributed by atoms with Gasteiger partial charge in [-0.3, -0.25) is 0 Å². The summed E-state index contributed by atoms with van der Waals surface area (Å²) in [5.74, 6) is 0. The van der Waals surface area contributed by atoms with Crippen LogP contribution in [0.25, 0.3) is 11.3 Å². The molecule has 0 radical (unpaired) electrons. The summed E-state index contributed by atoms with van der Waals surface area (Å²) in [5, 5.41) is 0. The Hall–Kier alpha value is -2.68. The first-order valence-electron chi connectivity index (χ1n) is 7.39. The van der Waals surface area contributed by atoms with Gasteiger partial charge in [-0.15, -0.1) is 0 Å². The van der Waals surface area contributed by atoms with Gasteiger partial charge in [-0.05, 0) is 23.6 Å². The number of carbonyl (C=O) groups excluding carboxylic acids is 1. The monoisotopic (exact) mass is 290 g/mol. The number of aromatic nitrogens is 2. The highest BCUT2D eigenvalue weighted by Crippen LogP contribution is 2.26. The van der Waals surface area contributed by atoms with Crippen LogP contribution in [0.2, 0.25) is 0 Å². The van der Waals surface area contributed by atoms with Crippen molar-refractivity contribution in [1.29, 1.82) is 0 Å². The molecule has 22 heavy (non-hydrogen) atoms. The predicted octanol–water partition coefficient (Wildman–Crippen LogP) is 3.90. The van der Waals surface area contributed by atoms with Gasteiger partial charge in [-0.25, -0.2) is 4.98 Å². The van der Waals surface area contributed by atoms with Crippen molar-refractivity contribution in [2.45, 2.75) is 19.4 Å². The molecule has 0 saturated heterocycles. The van der Waals surface area contributed by atoms with Gasteiger partial charge in [-0.2, -0.15) is 0 Å². The maximum absolute atomic E-state index is 10.6. The Labute approximate surface area is 130 Å². The van der Waals surface area contributed by atoms with E-state index in [9.17, 15) is 4.79 Å². The van der Waals surface area contributed by atoms with Crippen LogP contribution in [-0.4, -0.2) is 15.8 Å². The van der Waals surface area contributed by atoms with Crippen molar-refractivity contribution >= 4 is 6.29 Å². The smallest absolute Gasteiger partial charge is 0.124 e. The number of benzene rings is 2. The van der Waals surface area contributed by atoms with Crippen LogP contribution >= 0.6 is 0 Å². The molecule has 0 fully saturated rings. The van der Waals surface area contributed by atoms with Gasteiger partial charge >= 0.3 is 0 Å². The molecule has 110 valence electrons. The van der Waals surface area contributed by atoms with Gasteiger partial charge in [0.1, 0.15) is 6.29 Å². The van der Waals surface area contributed by atoms with Crippen LogP contribution in [0.5, 0.6) is 0 Å². The fourth-order valence-corrected chi connectivity index (χ4v) is 2.63. The molecule has 1 heterocycles. The van der Waals surface area contributed by atoms with E-state index in [1.165, 1.54) is 5.56 Å². The number of aldehydes is 1. The Kier molecular flexibility index (Phi) is 4.15. The van der Waals surface area contributed by atoms with Gasteiger partial charge in [-0.1, -0.05) is 54.6 Å². The van der Waals surface area contributed by atoms with Gasteiger partial charge < -0.3 is 9.36 Å². The van der Waals surface area contributed by atoms with E-state index in [2.05, 4.69) is 40.7 Å². The quantitative estimate of drug-likeness (QED) is 0.668. The lowest BCUT2D eigenvalue weighted by molar-refractivity contribution is -0.107. The minimum absolute atomic E-state index is 0.183. The molecule has 3 nitrogen and oxygen atoms in total. The second kappa shape index (κ2) is 6.39. The zero-order valence-electron chi connectivity index (χ0n) is 12.5. The fraction of sp³-hybridized carbons (Fsp3) is 0.158. The van der Waals surface area contributed by atoms with Crippen LogP contribution in [0.3, 0.4) is 0 Å². The minimum atomic E-state index is 0.183. The second-order valence-electron chi connectivity index (χ2n) is 5.34. The van der Waals surface area contributed by atoms with Gasteiger partial charge in [0.05, 0.1) is 24.3 Å². The van der Waals surface area contributed by atoms with Crippen LogP contribution < -0.4 is 0 Å². The third-order valence-corrected chi connectivity index (χ3v) is 3.93. The van der Waals surface area contributed by atoms with Gasteiger partial charge in [0, 0.05) is 6.42 Å². The van der Waals surface area contributed by atoms with Gasteiger partial charge in [0.15, 0.2) is 0 Å². The maximum atomic E-state index is 10.6. The first-order chi connectivity index (χ1) is 10.8. The number of rotatable bonds is 5. The molecule has 1 aromatic heterocycles. The molecule has 0 aliphatic carbocycles. The normalized spacial score (nSPS) is 12.0. The van der Waals surface area contributed by atoms with E-state index in [0.717, 1.165) is 23.1 Å². The standard InChI is InChI=1S/C19H18N2O/c1-15(17-9-7-16(8-10-17)11-12-22)21-14-20-13-19(21)18-5-3-2-4-6-18/h2-10,12-15H,11H2,1H3. The summed E-state index contributed by atoms with van der Waals surface area (Å²) in [6.45, 7) is 2.16. The van der Waals surface area contributed by atoms with Crippen molar-refractivity contribution in [3.8, 4) is 11.3 Å². The molecular formula is C19H18N2O. The molecule has 0 bridgehead atoms. The number of hydrogen-bond acceptors (Lipinski definition) is 2. The molecular weight excluding hydrogens is 272 g/mol. The van der Waals surface area contributed by atoms with Crippen LogP contribution in [0.1, 0.15) is 24.1 Å². The van der Waals surface area contributed by atoms with Crippen molar-refractivity contribution in [2.24, 2.45) is 0 Å². The maximum Gasteiger partial charge on any atom is 0.124 e. The minimum Gasteiger partial charge on any atom is -0.323 e. The van der Waals surface area contributed by atoms with E-state index in [-0.39, 0.29) is 6.04 Å². The molecule has 0 amide bonds. The van der Waals surface area contributed by atoms with E-state index in [4.69, 9.17) is 0 Å². The third-order valence-electron chi connectivity index (χ3n) is 3.93. The summed E-state index contributed by atoms with van der Waals surface area (Å²) in [6, 6.07) is 18.6. The summed E-state index contributed by atoms with van der Waals surface area (Å²) in [7, 11) is 0. The van der Waals surface area contributed by atoms with Crippen molar-refractivity contribution in [3.63, 3.8) is 0 Å². The highest BCUT2D eigenvalue weighted by atomic mass is 16.1. The SMILES string of the molecule is CC(c1ccc(CC=O)cc1)n1cncc1-c1ccccc1. The summed E-state index contributed by atoms with van der Waals surface area (Å²) < 4.78 is 2.17. The number of nitrogens with zero attached hydrogens (tertiary/aromatic N) is 2. The lowest BCUT2D eigenvalue weighted by atomic mass is 10.0. The largest absolute Gasteiger partial charge is 0.323 e. The lowest BCUT2D eigenvalue weighted by Crippen LogP contribution is -2.07. The molecule has 0 N–H and O–H groups in total. The molecule has 3 heteroatoms. The van der Waals surface area contributed by atoms with Crippen molar-refractivity contribution < 1.29 is 4.79 Å². The fourth-order valence-electron chi connectivity index (χ4n) is 2.63. The zero-order chi connectivity index (χ0) is 15.4. The first-order valence-corrected chi connectivity index (χ1v) is 7.39. The van der Waals surface area contributed by atoms with E-state index in [1.807, 2.05) is 42.9 Å². The third kappa shape index (κ3) is 2.84. The second-order valence-corrected chi connectivity index (χ2v) is 5.34. The molecule has 0 aliphatic rings. The van der Waals surface area contributed by atoms with Gasteiger partial charge in [0.25, 0.3) is 0 Å². The van der Waals surface area contributed by atoms with Crippen LogP contribution in [0, 0.1) is 0 Å². The molecule has 1 atom stereocenters. The first kappa shape index (κ1) is 14.3. The Morgan fingerprint density at radius 2 is 1.82 bits per heavy atom. The number of imidazole rings is 1. The van der Waals surface area contributed by atoms with Crippen molar-refractivity contribution in [3.05, 3.63) is 78.2 Å². The van der Waals surface area contributed by atoms with E-state index in [0.29, 0.717) is 6.42 Å².